The number of rotatable bonds is 5. The highest BCUT2D eigenvalue weighted by atomic mass is 35.5. The van der Waals surface area contributed by atoms with Crippen molar-refractivity contribution in [2.45, 2.75) is 25.3 Å². The van der Waals surface area contributed by atoms with Crippen LogP contribution in [0.1, 0.15) is 18.4 Å². The van der Waals surface area contributed by atoms with E-state index in [-0.39, 0.29) is 5.91 Å². The molecular formula is C13H17ClN2O. The van der Waals surface area contributed by atoms with Crippen LogP contribution in [0.3, 0.4) is 0 Å². The van der Waals surface area contributed by atoms with Crippen LogP contribution in [-0.2, 0) is 11.2 Å². The van der Waals surface area contributed by atoms with E-state index in [9.17, 15) is 4.79 Å². The molecule has 0 spiro atoms. The van der Waals surface area contributed by atoms with E-state index in [1.54, 1.807) is 0 Å². The Balaban J connectivity index is 1.63. The van der Waals surface area contributed by atoms with Crippen LogP contribution < -0.4 is 10.6 Å². The number of halogens is 1. The first-order chi connectivity index (χ1) is 8.24. The monoisotopic (exact) mass is 252 g/mol. The van der Waals surface area contributed by atoms with Gasteiger partial charge in [0.05, 0.1) is 0 Å². The Labute approximate surface area is 107 Å². The molecule has 1 saturated heterocycles. The Kier molecular flexibility index (Phi) is 4.40. The molecule has 1 aliphatic heterocycles. The quantitative estimate of drug-likeness (QED) is 0.784. The minimum Gasteiger partial charge on any atom is -0.352 e. The highest BCUT2D eigenvalue weighted by Crippen LogP contribution is 2.09. The van der Waals surface area contributed by atoms with Gasteiger partial charge in [-0.3, -0.25) is 4.79 Å². The number of amides is 1. The molecule has 17 heavy (non-hydrogen) atoms. The van der Waals surface area contributed by atoms with E-state index in [1.807, 2.05) is 24.3 Å². The maximum absolute atomic E-state index is 11.0. The first-order valence-corrected chi connectivity index (χ1v) is 6.36. The van der Waals surface area contributed by atoms with E-state index in [0.29, 0.717) is 12.5 Å². The summed E-state index contributed by atoms with van der Waals surface area (Å²) in [5.41, 5.74) is 1.28. The topological polar surface area (TPSA) is 41.1 Å². The van der Waals surface area contributed by atoms with Gasteiger partial charge in [0.1, 0.15) is 0 Å². The molecule has 0 bridgehead atoms. The zero-order chi connectivity index (χ0) is 12.1. The van der Waals surface area contributed by atoms with Crippen molar-refractivity contribution < 1.29 is 4.79 Å². The Bertz CT molecular complexity index is 378. The van der Waals surface area contributed by atoms with Crippen molar-refractivity contribution in [3.05, 3.63) is 34.9 Å². The summed E-state index contributed by atoms with van der Waals surface area (Å²) in [5, 5.41) is 7.08. The first kappa shape index (κ1) is 12.4. The predicted octanol–water partition coefficient (Wildman–Crippen LogP) is 1.75. The molecule has 92 valence electrons. The van der Waals surface area contributed by atoms with Gasteiger partial charge < -0.3 is 10.6 Å². The fourth-order valence-corrected chi connectivity index (χ4v) is 2.12. The Hall–Kier alpha value is -1.06. The average Bonchev–Trinajstić information content (AvgIpc) is 2.73. The molecule has 1 aliphatic rings. The van der Waals surface area contributed by atoms with Gasteiger partial charge in [-0.05, 0) is 37.1 Å². The summed E-state index contributed by atoms with van der Waals surface area (Å²) in [6.45, 7) is 1.79. The third-order valence-corrected chi connectivity index (χ3v) is 3.23. The molecule has 0 aromatic heterocycles. The lowest BCUT2D eigenvalue weighted by Crippen LogP contribution is -2.36. The second-order valence-corrected chi connectivity index (χ2v) is 4.82. The fourth-order valence-electron chi connectivity index (χ4n) is 1.99. The molecule has 3 nitrogen and oxygen atoms in total. The number of hydrogen-bond acceptors (Lipinski definition) is 2. The van der Waals surface area contributed by atoms with Gasteiger partial charge in [-0.2, -0.15) is 0 Å². The van der Waals surface area contributed by atoms with Crippen molar-refractivity contribution in [1.82, 2.24) is 10.6 Å². The van der Waals surface area contributed by atoms with Gasteiger partial charge in [0, 0.05) is 24.0 Å². The van der Waals surface area contributed by atoms with Crippen LogP contribution in [0.4, 0.5) is 0 Å². The van der Waals surface area contributed by atoms with Crippen molar-refractivity contribution >= 4 is 17.5 Å². The van der Waals surface area contributed by atoms with E-state index >= 15 is 0 Å². The minimum absolute atomic E-state index is 0.175. The summed E-state index contributed by atoms with van der Waals surface area (Å²) in [7, 11) is 0. The number of carbonyl (C=O) groups is 1. The van der Waals surface area contributed by atoms with Gasteiger partial charge in [0.25, 0.3) is 0 Å². The van der Waals surface area contributed by atoms with Crippen LogP contribution in [0, 0.1) is 0 Å². The van der Waals surface area contributed by atoms with Crippen LogP contribution >= 0.6 is 11.6 Å². The minimum atomic E-state index is 0.175. The van der Waals surface area contributed by atoms with E-state index < -0.39 is 0 Å². The lowest BCUT2D eigenvalue weighted by Gasteiger charge is -2.11. The van der Waals surface area contributed by atoms with Crippen molar-refractivity contribution in [2.75, 3.05) is 13.1 Å². The molecule has 0 aliphatic carbocycles. The standard InChI is InChI=1S/C13H17ClN2O/c14-11-3-1-10(2-4-11)7-8-15-9-12-5-6-13(17)16-12/h1-4,12,15H,5-9H2,(H,16,17). The largest absolute Gasteiger partial charge is 0.352 e. The molecule has 1 heterocycles. The molecule has 4 heteroatoms. The van der Waals surface area contributed by atoms with Gasteiger partial charge in [0.2, 0.25) is 5.91 Å². The van der Waals surface area contributed by atoms with Crippen molar-refractivity contribution in [3.8, 4) is 0 Å². The van der Waals surface area contributed by atoms with E-state index in [0.717, 1.165) is 31.0 Å². The lowest BCUT2D eigenvalue weighted by atomic mass is 10.1. The predicted molar refractivity (Wildman–Crippen MR) is 69.2 cm³/mol. The molecule has 2 rings (SSSR count). The summed E-state index contributed by atoms with van der Waals surface area (Å²) in [5.74, 6) is 0.175. The molecule has 1 amide bonds. The Morgan fingerprint density at radius 2 is 2.12 bits per heavy atom. The molecule has 0 saturated carbocycles. The highest BCUT2D eigenvalue weighted by Gasteiger charge is 2.19. The van der Waals surface area contributed by atoms with Crippen molar-refractivity contribution in [1.29, 1.82) is 0 Å². The maximum atomic E-state index is 11.0. The summed E-state index contributed by atoms with van der Waals surface area (Å²) in [4.78, 5) is 11.0. The average molecular weight is 253 g/mol. The van der Waals surface area contributed by atoms with Gasteiger partial charge >= 0.3 is 0 Å². The zero-order valence-electron chi connectivity index (χ0n) is 9.71. The van der Waals surface area contributed by atoms with Crippen LogP contribution in [-0.4, -0.2) is 25.0 Å². The second kappa shape index (κ2) is 6.03. The molecule has 1 fully saturated rings. The normalized spacial score (nSPS) is 19.4. The number of hydrogen-bond donors (Lipinski definition) is 2. The van der Waals surface area contributed by atoms with Gasteiger partial charge in [-0.1, -0.05) is 23.7 Å². The maximum Gasteiger partial charge on any atom is 0.220 e. The molecule has 1 unspecified atom stereocenters. The summed E-state index contributed by atoms with van der Waals surface area (Å²) >= 11 is 5.82. The van der Waals surface area contributed by atoms with Gasteiger partial charge in [-0.15, -0.1) is 0 Å². The number of carbonyl (C=O) groups excluding carboxylic acids is 1. The van der Waals surface area contributed by atoms with Crippen molar-refractivity contribution in [2.24, 2.45) is 0 Å². The zero-order valence-corrected chi connectivity index (χ0v) is 10.5. The highest BCUT2D eigenvalue weighted by molar-refractivity contribution is 6.30. The van der Waals surface area contributed by atoms with Crippen molar-refractivity contribution in [3.63, 3.8) is 0 Å². The van der Waals surface area contributed by atoms with Gasteiger partial charge in [0.15, 0.2) is 0 Å². The second-order valence-electron chi connectivity index (χ2n) is 4.38. The molecule has 2 N–H and O–H groups in total. The molecule has 1 aromatic rings. The fraction of sp³-hybridized carbons (Fsp3) is 0.462. The van der Waals surface area contributed by atoms with E-state index in [4.69, 9.17) is 11.6 Å². The number of benzene rings is 1. The lowest BCUT2D eigenvalue weighted by molar-refractivity contribution is -0.119. The SMILES string of the molecule is O=C1CCC(CNCCc2ccc(Cl)cc2)N1. The molecule has 1 atom stereocenters. The van der Waals surface area contributed by atoms with E-state index in [2.05, 4.69) is 10.6 Å². The third-order valence-electron chi connectivity index (χ3n) is 2.98. The Morgan fingerprint density at radius 1 is 1.35 bits per heavy atom. The summed E-state index contributed by atoms with van der Waals surface area (Å²) in [6, 6.07) is 8.22. The van der Waals surface area contributed by atoms with Gasteiger partial charge in [-0.25, -0.2) is 0 Å². The van der Waals surface area contributed by atoms with Crippen LogP contribution in [0.15, 0.2) is 24.3 Å². The number of nitrogens with one attached hydrogen (secondary N) is 2. The van der Waals surface area contributed by atoms with Crippen LogP contribution in [0.25, 0.3) is 0 Å². The van der Waals surface area contributed by atoms with Crippen LogP contribution in [0.5, 0.6) is 0 Å². The third kappa shape index (κ3) is 4.02. The summed E-state index contributed by atoms with van der Waals surface area (Å²) < 4.78 is 0. The summed E-state index contributed by atoms with van der Waals surface area (Å²) in [6.07, 6.45) is 2.61. The Morgan fingerprint density at radius 3 is 2.76 bits per heavy atom. The molecular weight excluding hydrogens is 236 g/mol. The molecule has 1 aromatic carbocycles. The van der Waals surface area contributed by atoms with Crippen LogP contribution in [0.2, 0.25) is 5.02 Å². The first-order valence-electron chi connectivity index (χ1n) is 5.98. The van der Waals surface area contributed by atoms with E-state index in [1.165, 1.54) is 5.56 Å². The molecule has 0 radical (unpaired) electrons. The smallest absolute Gasteiger partial charge is 0.220 e.